The van der Waals surface area contributed by atoms with E-state index < -0.39 is 0 Å². The summed E-state index contributed by atoms with van der Waals surface area (Å²) < 4.78 is 0. The Morgan fingerprint density at radius 3 is 1.94 bits per heavy atom. The van der Waals surface area contributed by atoms with Gasteiger partial charge in [-0.1, -0.05) is 45.0 Å². The molecule has 0 aliphatic heterocycles. The molecule has 0 saturated heterocycles. The fraction of sp³-hybridized carbons (Fsp3) is 0.571. The molecule has 0 fully saturated rings. The van der Waals surface area contributed by atoms with Gasteiger partial charge in [0.15, 0.2) is 0 Å². The second-order valence-corrected chi connectivity index (χ2v) is 4.37. The molecule has 0 aliphatic carbocycles. The Balaban J connectivity index is 0.00000225. The van der Waals surface area contributed by atoms with E-state index in [1.54, 1.807) is 0 Å². The van der Waals surface area contributed by atoms with E-state index >= 15 is 0 Å². The fourth-order valence-corrected chi connectivity index (χ4v) is 1.95. The molecule has 0 radical (unpaired) electrons. The van der Waals surface area contributed by atoms with Gasteiger partial charge in [-0.15, -0.1) is 24.0 Å². The van der Waals surface area contributed by atoms with E-state index in [4.69, 9.17) is 5.73 Å². The topological polar surface area (TPSA) is 26.0 Å². The van der Waals surface area contributed by atoms with Crippen LogP contribution in [-0.2, 0) is 12.8 Å². The molecule has 1 aromatic carbocycles. The first kappa shape index (κ1) is 15.9. The van der Waals surface area contributed by atoms with Crippen LogP contribution in [0.4, 0.5) is 0 Å². The molecule has 0 atom stereocenters. The molecule has 0 heterocycles. The molecule has 0 aliphatic rings. The van der Waals surface area contributed by atoms with E-state index in [2.05, 4.69) is 45.0 Å². The zero-order chi connectivity index (χ0) is 11.3. The van der Waals surface area contributed by atoms with Gasteiger partial charge in [-0.05, 0) is 36.8 Å². The van der Waals surface area contributed by atoms with Gasteiger partial charge in [-0.3, -0.25) is 0 Å². The molecule has 1 rings (SSSR count). The Morgan fingerprint density at radius 1 is 1.00 bits per heavy atom. The summed E-state index contributed by atoms with van der Waals surface area (Å²) in [7, 11) is 0. The fourth-order valence-electron chi connectivity index (χ4n) is 1.95. The van der Waals surface area contributed by atoms with Crippen LogP contribution in [0.3, 0.4) is 0 Å². The molecule has 0 saturated carbocycles. The van der Waals surface area contributed by atoms with Gasteiger partial charge in [-0.25, -0.2) is 0 Å². The molecule has 0 amide bonds. The van der Waals surface area contributed by atoms with E-state index in [0.29, 0.717) is 0 Å². The van der Waals surface area contributed by atoms with Gasteiger partial charge < -0.3 is 5.73 Å². The number of hydrogen-bond acceptors (Lipinski definition) is 1. The van der Waals surface area contributed by atoms with Crippen molar-refractivity contribution in [3.05, 3.63) is 35.4 Å². The molecular weight excluding hydrogens is 309 g/mol. The van der Waals surface area contributed by atoms with Crippen molar-refractivity contribution in [2.75, 3.05) is 0 Å². The number of hydrogen-bond donors (Lipinski definition) is 1. The highest BCUT2D eigenvalue weighted by Gasteiger charge is 2.21. The van der Waals surface area contributed by atoms with E-state index in [9.17, 15) is 0 Å². The van der Waals surface area contributed by atoms with Crippen molar-refractivity contribution in [1.82, 2.24) is 0 Å². The minimum Gasteiger partial charge on any atom is -0.325 e. The predicted octanol–water partition coefficient (Wildman–Crippen LogP) is 3.93. The van der Waals surface area contributed by atoms with Crippen LogP contribution in [0.1, 0.15) is 44.7 Å². The van der Waals surface area contributed by atoms with Gasteiger partial charge in [0, 0.05) is 5.54 Å². The SMILES string of the molecule is CCc1ccccc1CC(N)(CC)CC.I. The van der Waals surface area contributed by atoms with Crippen molar-refractivity contribution in [2.45, 2.75) is 52.0 Å². The average Bonchev–Trinajstić information content (AvgIpc) is 2.29. The molecule has 16 heavy (non-hydrogen) atoms. The van der Waals surface area contributed by atoms with E-state index in [1.165, 1.54) is 11.1 Å². The minimum atomic E-state index is -0.0225. The van der Waals surface area contributed by atoms with Gasteiger partial charge >= 0.3 is 0 Å². The quantitative estimate of drug-likeness (QED) is 0.812. The lowest BCUT2D eigenvalue weighted by atomic mass is 9.85. The van der Waals surface area contributed by atoms with Crippen molar-refractivity contribution in [3.8, 4) is 0 Å². The van der Waals surface area contributed by atoms with Crippen LogP contribution in [0.15, 0.2) is 24.3 Å². The Kier molecular flexibility index (Phi) is 7.24. The van der Waals surface area contributed by atoms with Crippen molar-refractivity contribution < 1.29 is 0 Å². The highest BCUT2D eigenvalue weighted by molar-refractivity contribution is 14.0. The smallest absolute Gasteiger partial charge is 0.0189 e. The first-order valence-corrected chi connectivity index (χ1v) is 6.01. The Labute approximate surface area is 117 Å². The molecule has 0 unspecified atom stereocenters. The third kappa shape index (κ3) is 4.06. The molecule has 92 valence electrons. The van der Waals surface area contributed by atoms with Crippen molar-refractivity contribution in [3.63, 3.8) is 0 Å². The third-order valence-corrected chi connectivity index (χ3v) is 3.45. The average molecular weight is 333 g/mol. The summed E-state index contributed by atoms with van der Waals surface area (Å²) in [4.78, 5) is 0. The minimum absolute atomic E-state index is 0. The van der Waals surface area contributed by atoms with Gasteiger partial charge in [0.2, 0.25) is 0 Å². The summed E-state index contributed by atoms with van der Waals surface area (Å²) in [5, 5.41) is 0. The van der Waals surface area contributed by atoms with Crippen molar-refractivity contribution >= 4 is 24.0 Å². The number of benzene rings is 1. The summed E-state index contributed by atoms with van der Waals surface area (Å²) in [5.41, 5.74) is 9.19. The lowest BCUT2D eigenvalue weighted by Crippen LogP contribution is -2.40. The van der Waals surface area contributed by atoms with Crippen molar-refractivity contribution in [2.24, 2.45) is 5.73 Å². The van der Waals surface area contributed by atoms with Gasteiger partial charge in [0.05, 0.1) is 0 Å². The normalized spacial score (nSPS) is 11.0. The number of aryl methyl sites for hydroxylation is 1. The largest absolute Gasteiger partial charge is 0.325 e. The maximum atomic E-state index is 6.35. The number of halogens is 1. The summed E-state index contributed by atoms with van der Waals surface area (Å²) in [6.45, 7) is 6.56. The van der Waals surface area contributed by atoms with E-state index in [0.717, 1.165) is 25.7 Å². The van der Waals surface area contributed by atoms with Crippen LogP contribution in [0.5, 0.6) is 0 Å². The molecular formula is C14H24IN. The molecule has 0 aromatic heterocycles. The van der Waals surface area contributed by atoms with Crippen LogP contribution < -0.4 is 5.73 Å². The number of rotatable bonds is 5. The molecule has 1 aromatic rings. The predicted molar refractivity (Wildman–Crippen MR) is 82.4 cm³/mol. The van der Waals surface area contributed by atoms with Gasteiger partial charge in [0.1, 0.15) is 0 Å². The van der Waals surface area contributed by atoms with Crippen LogP contribution >= 0.6 is 24.0 Å². The van der Waals surface area contributed by atoms with Gasteiger partial charge in [0.25, 0.3) is 0 Å². The second kappa shape index (κ2) is 7.28. The zero-order valence-electron chi connectivity index (χ0n) is 10.6. The van der Waals surface area contributed by atoms with Crippen molar-refractivity contribution in [1.29, 1.82) is 0 Å². The Bertz CT molecular complexity index is 305. The van der Waals surface area contributed by atoms with Crippen LogP contribution in [0.25, 0.3) is 0 Å². The Morgan fingerprint density at radius 2 is 1.50 bits per heavy atom. The lowest BCUT2D eigenvalue weighted by Gasteiger charge is -2.27. The monoisotopic (exact) mass is 333 g/mol. The maximum Gasteiger partial charge on any atom is 0.0189 e. The first-order valence-electron chi connectivity index (χ1n) is 6.01. The Hall–Kier alpha value is -0.0900. The number of nitrogens with two attached hydrogens (primary N) is 1. The second-order valence-electron chi connectivity index (χ2n) is 4.37. The van der Waals surface area contributed by atoms with Gasteiger partial charge in [-0.2, -0.15) is 0 Å². The van der Waals surface area contributed by atoms with Crippen LogP contribution in [0, 0.1) is 0 Å². The van der Waals surface area contributed by atoms with Crippen LogP contribution in [-0.4, -0.2) is 5.54 Å². The molecule has 2 N–H and O–H groups in total. The summed E-state index contributed by atoms with van der Waals surface area (Å²) in [5.74, 6) is 0. The molecule has 2 heteroatoms. The van der Waals surface area contributed by atoms with E-state index in [1.807, 2.05) is 0 Å². The molecule has 0 bridgehead atoms. The molecule has 0 spiro atoms. The standard InChI is InChI=1S/C14H23N.HI/c1-4-12-9-7-8-10-13(12)11-14(15,5-2)6-3;/h7-10H,4-6,11,15H2,1-3H3;1H. The first-order chi connectivity index (χ1) is 7.15. The maximum absolute atomic E-state index is 6.35. The van der Waals surface area contributed by atoms with Crippen LogP contribution in [0.2, 0.25) is 0 Å². The lowest BCUT2D eigenvalue weighted by molar-refractivity contribution is 0.392. The summed E-state index contributed by atoms with van der Waals surface area (Å²) in [6, 6.07) is 8.64. The van der Waals surface area contributed by atoms with E-state index in [-0.39, 0.29) is 29.5 Å². The highest BCUT2D eigenvalue weighted by atomic mass is 127. The summed E-state index contributed by atoms with van der Waals surface area (Å²) >= 11 is 0. The highest BCUT2D eigenvalue weighted by Crippen LogP contribution is 2.21. The summed E-state index contributed by atoms with van der Waals surface area (Å²) in [6.07, 6.45) is 4.19. The zero-order valence-corrected chi connectivity index (χ0v) is 13.0. The third-order valence-electron chi connectivity index (χ3n) is 3.45. The molecule has 1 nitrogen and oxygen atoms in total.